The van der Waals surface area contributed by atoms with Crippen LogP contribution in [-0.4, -0.2) is 73.4 Å². The number of hydrogen-bond donors (Lipinski definition) is 1. The van der Waals surface area contributed by atoms with Gasteiger partial charge in [-0.3, -0.25) is 9.69 Å². The predicted octanol–water partition coefficient (Wildman–Crippen LogP) is 3.59. The van der Waals surface area contributed by atoms with Gasteiger partial charge in [0.1, 0.15) is 30.3 Å². The molecule has 2 unspecified atom stereocenters. The van der Waals surface area contributed by atoms with Crippen molar-refractivity contribution >= 4 is 29.1 Å². The molecule has 1 heterocycles. The van der Waals surface area contributed by atoms with E-state index in [0.29, 0.717) is 40.2 Å². The highest BCUT2D eigenvalue weighted by Crippen LogP contribution is 2.28. The summed E-state index contributed by atoms with van der Waals surface area (Å²) in [5.74, 6) is 1.02. The number of halogens is 2. The molecule has 1 N–H and O–H groups in total. The number of carbonyl (C=O) groups excluding carboxylic acids is 1. The Morgan fingerprint density at radius 1 is 1.23 bits per heavy atom. The van der Waals surface area contributed by atoms with E-state index in [9.17, 15) is 9.90 Å². The van der Waals surface area contributed by atoms with Gasteiger partial charge in [-0.05, 0) is 30.7 Å². The van der Waals surface area contributed by atoms with E-state index >= 15 is 0 Å². The molecule has 162 valence electrons. The minimum atomic E-state index is -0.684. The van der Waals surface area contributed by atoms with Gasteiger partial charge in [-0.2, -0.15) is 0 Å². The third-order valence-corrected chi connectivity index (χ3v) is 5.59. The summed E-state index contributed by atoms with van der Waals surface area (Å²) in [5.41, 5.74) is 0.478. The molecule has 1 aliphatic heterocycles. The van der Waals surface area contributed by atoms with E-state index in [-0.39, 0.29) is 18.6 Å². The third-order valence-electron chi connectivity index (χ3n) is 4.85. The van der Waals surface area contributed by atoms with Crippen LogP contribution in [0.25, 0.3) is 0 Å². The summed E-state index contributed by atoms with van der Waals surface area (Å²) < 4.78 is 11.7. The average molecular weight is 453 g/mol. The molecule has 3 rings (SSSR count). The summed E-state index contributed by atoms with van der Waals surface area (Å²) in [7, 11) is 3.38. The van der Waals surface area contributed by atoms with Crippen molar-refractivity contribution < 1.29 is 19.4 Å². The van der Waals surface area contributed by atoms with Gasteiger partial charge in [0.05, 0.1) is 15.6 Å². The van der Waals surface area contributed by atoms with E-state index in [0.717, 1.165) is 13.0 Å². The number of β-amino-alcohol motifs (C(OH)–C–C–N with tert-alkyl or cyclic N) is 1. The van der Waals surface area contributed by atoms with Gasteiger partial charge < -0.3 is 19.5 Å². The van der Waals surface area contributed by atoms with Gasteiger partial charge in [-0.15, -0.1) is 0 Å². The van der Waals surface area contributed by atoms with Crippen LogP contribution in [0, 0.1) is 0 Å². The van der Waals surface area contributed by atoms with Crippen LogP contribution in [-0.2, 0) is 0 Å². The molecular formula is C22H26Cl2N2O4. The van der Waals surface area contributed by atoms with Gasteiger partial charge in [-0.1, -0.05) is 35.3 Å². The molecule has 0 aliphatic carbocycles. The molecule has 6 nitrogen and oxygen atoms in total. The van der Waals surface area contributed by atoms with Gasteiger partial charge in [0, 0.05) is 39.8 Å². The standard InChI is InChI=1S/C22H26Cl2N2O4/c1-25(2)22(28)18-5-3-4-6-21(18)29-14-15(27)12-26-10-9-17(13-26)30-16-7-8-19(23)20(24)11-16/h3-8,11,15,17,27H,9-10,12-14H2,1-2H3. The van der Waals surface area contributed by atoms with Crippen LogP contribution < -0.4 is 9.47 Å². The van der Waals surface area contributed by atoms with E-state index in [4.69, 9.17) is 32.7 Å². The van der Waals surface area contributed by atoms with Crippen LogP contribution in [0.5, 0.6) is 11.5 Å². The quantitative estimate of drug-likeness (QED) is 0.662. The molecule has 30 heavy (non-hydrogen) atoms. The minimum Gasteiger partial charge on any atom is -0.490 e. The molecular weight excluding hydrogens is 427 g/mol. The fraction of sp³-hybridized carbons (Fsp3) is 0.409. The smallest absolute Gasteiger partial charge is 0.257 e. The van der Waals surface area contributed by atoms with E-state index in [2.05, 4.69) is 4.90 Å². The summed E-state index contributed by atoms with van der Waals surface area (Å²) in [6.45, 7) is 2.09. The van der Waals surface area contributed by atoms with E-state index in [1.54, 1.807) is 56.6 Å². The highest BCUT2D eigenvalue weighted by Gasteiger charge is 2.26. The number of ether oxygens (including phenoxy) is 2. The Hall–Kier alpha value is -1.99. The van der Waals surface area contributed by atoms with E-state index in [1.807, 2.05) is 0 Å². The van der Waals surface area contributed by atoms with Gasteiger partial charge in [0.25, 0.3) is 5.91 Å². The molecule has 0 aromatic heterocycles. The lowest BCUT2D eigenvalue weighted by atomic mass is 10.2. The Kier molecular flexibility index (Phi) is 7.83. The maximum Gasteiger partial charge on any atom is 0.257 e. The average Bonchev–Trinajstić information content (AvgIpc) is 3.15. The first-order chi connectivity index (χ1) is 14.3. The molecule has 1 saturated heterocycles. The van der Waals surface area contributed by atoms with Crippen molar-refractivity contribution in [1.29, 1.82) is 0 Å². The number of likely N-dealkylation sites (tertiary alicyclic amines) is 1. The minimum absolute atomic E-state index is 0.0220. The first kappa shape index (κ1) is 22.7. The number of benzene rings is 2. The van der Waals surface area contributed by atoms with Crippen LogP contribution in [0.4, 0.5) is 0 Å². The molecule has 0 radical (unpaired) electrons. The van der Waals surface area contributed by atoms with Crippen LogP contribution in [0.3, 0.4) is 0 Å². The van der Waals surface area contributed by atoms with Crippen molar-refractivity contribution in [1.82, 2.24) is 9.80 Å². The Bertz CT molecular complexity index is 878. The summed E-state index contributed by atoms with van der Waals surface area (Å²) in [4.78, 5) is 15.9. The third kappa shape index (κ3) is 6.01. The Labute approximate surface area is 186 Å². The summed E-state index contributed by atoms with van der Waals surface area (Å²) in [6.07, 6.45) is 0.193. The lowest BCUT2D eigenvalue weighted by molar-refractivity contribution is 0.0696. The van der Waals surface area contributed by atoms with Gasteiger partial charge in [-0.25, -0.2) is 0 Å². The normalized spacial score (nSPS) is 17.6. The summed E-state index contributed by atoms with van der Waals surface area (Å²) in [6, 6.07) is 12.3. The largest absolute Gasteiger partial charge is 0.490 e. The predicted molar refractivity (Wildman–Crippen MR) is 118 cm³/mol. The first-order valence-corrected chi connectivity index (χ1v) is 10.5. The van der Waals surface area contributed by atoms with E-state index < -0.39 is 6.10 Å². The fourth-order valence-corrected chi connectivity index (χ4v) is 3.64. The van der Waals surface area contributed by atoms with Crippen LogP contribution in [0.2, 0.25) is 10.0 Å². The van der Waals surface area contributed by atoms with Crippen molar-refractivity contribution in [3.8, 4) is 11.5 Å². The number of hydrogen-bond acceptors (Lipinski definition) is 5. The topological polar surface area (TPSA) is 62.2 Å². The van der Waals surface area contributed by atoms with Crippen molar-refractivity contribution in [3.05, 3.63) is 58.1 Å². The molecule has 1 fully saturated rings. The Balaban J connectivity index is 1.48. The molecule has 2 atom stereocenters. The molecule has 0 spiro atoms. The van der Waals surface area contributed by atoms with Crippen LogP contribution >= 0.6 is 23.2 Å². The van der Waals surface area contributed by atoms with Crippen LogP contribution in [0.1, 0.15) is 16.8 Å². The number of para-hydroxylation sites is 1. The second kappa shape index (κ2) is 10.4. The lowest BCUT2D eigenvalue weighted by Crippen LogP contribution is -2.35. The second-order valence-corrected chi connectivity index (χ2v) is 8.34. The molecule has 8 heteroatoms. The number of nitrogens with zero attached hydrogens (tertiary/aromatic N) is 2. The SMILES string of the molecule is CN(C)C(=O)c1ccccc1OCC(O)CN1CCC(Oc2ccc(Cl)c(Cl)c2)C1. The molecule has 2 aromatic carbocycles. The summed E-state index contributed by atoms with van der Waals surface area (Å²) >= 11 is 12.0. The van der Waals surface area contributed by atoms with Gasteiger partial charge >= 0.3 is 0 Å². The first-order valence-electron chi connectivity index (χ1n) is 9.79. The van der Waals surface area contributed by atoms with Gasteiger partial charge in [0.15, 0.2) is 0 Å². The zero-order valence-electron chi connectivity index (χ0n) is 17.1. The molecule has 1 amide bonds. The Morgan fingerprint density at radius 2 is 2.00 bits per heavy atom. The maximum absolute atomic E-state index is 12.3. The zero-order chi connectivity index (χ0) is 21.7. The van der Waals surface area contributed by atoms with E-state index in [1.165, 1.54) is 4.90 Å². The maximum atomic E-state index is 12.3. The fourth-order valence-electron chi connectivity index (χ4n) is 3.35. The number of rotatable bonds is 8. The van der Waals surface area contributed by atoms with Gasteiger partial charge in [0.2, 0.25) is 0 Å². The molecule has 2 aromatic rings. The summed E-state index contributed by atoms with van der Waals surface area (Å²) in [5, 5.41) is 11.4. The number of aliphatic hydroxyl groups is 1. The van der Waals surface area contributed by atoms with Crippen molar-refractivity contribution in [2.75, 3.05) is 40.3 Å². The van der Waals surface area contributed by atoms with Crippen LogP contribution in [0.15, 0.2) is 42.5 Å². The lowest BCUT2D eigenvalue weighted by Gasteiger charge is -2.21. The van der Waals surface area contributed by atoms with Crippen molar-refractivity contribution in [3.63, 3.8) is 0 Å². The monoisotopic (exact) mass is 452 g/mol. The highest BCUT2D eigenvalue weighted by molar-refractivity contribution is 6.42. The number of carbonyl (C=O) groups is 1. The number of amides is 1. The van der Waals surface area contributed by atoms with Crippen molar-refractivity contribution in [2.24, 2.45) is 0 Å². The second-order valence-electron chi connectivity index (χ2n) is 7.52. The van der Waals surface area contributed by atoms with Crippen molar-refractivity contribution in [2.45, 2.75) is 18.6 Å². The number of aliphatic hydroxyl groups excluding tert-OH is 1. The zero-order valence-corrected chi connectivity index (χ0v) is 18.6. The highest BCUT2D eigenvalue weighted by atomic mass is 35.5. The Morgan fingerprint density at radius 3 is 2.73 bits per heavy atom. The molecule has 1 aliphatic rings. The molecule has 0 bridgehead atoms. The molecule has 0 saturated carbocycles.